The summed E-state index contributed by atoms with van der Waals surface area (Å²) >= 11 is 0. The van der Waals surface area contributed by atoms with Crippen molar-refractivity contribution in [1.82, 2.24) is 0 Å². The summed E-state index contributed by atoms with van der Waals surface area (Å²) in [7, 11) is 0. The molecule has 2 aromatic rings. The Labute approximate surface area is 105 Å². The lowest BCUT2D eigenvalue weighted by molar-refractivity contribution is 0.448. The van der Waals surface area contributed by atoms with Crippen LogP contribution in [0.4, 0.5) is 28.9 Å². The zero-order valence-electron chi connectivity index (χ0n) is 9.35. The Morgan fingerprint density at radius 1 is 0.842 bits per heavy atom. The van der Waals surface area contributed by atoms with Crippen LogP contribution in [0, 0.1) is 34.6 Å². The minimum absolute atomic E-state index is 0.0690. The first-order valence-electron chi connectivity index (χ1n) is 5.12. The molecule has 0 saturated carbocycles. The number of hydrogen-bond donors (Lipinski definition) is 1. The number of rotatable bonds is 2. The molecule has 0 heterocycles. The number of hydrogen-bond acceptors (Lipinski definition) is 2. The maximum Gasteiger partial charge on any atom is 0.194 e. The van der Waals surface area contributed by atoms with Crippen LogP contribution in [0.15, 0.2) is 30.3 Å². The van der Waals surface area contributed by atoms with Crippen LogP contribution in [0.3, 0.4) is 0 Å². The Balaban J connectivity index is 2.32. The molecule has 1 N–H and O–H groups in total. The first-order valence-corrected chi connectivity index (χ1v) is 5.12. The normalized spacial score (nSPS) is 10.1. The zero-order chi connectivity index (χ0) is 14.0. The summed E-state index contributed by atoms with van der Waals surface area (Å²) in [6.07, 6.45) is 0. The third kappa shape index (κ3) is 2.65. The molecule has 0 aliphatic carbocycles. The van der Waals surface area contributed by atoms with E-state index in [1.54, 1.807) is 6.07 Å². The van der Waals surface area contributed by atoms with Crippen molar-refractivity contribution in [3.63, 3.8) is 0 Å². The van der Waals surface area contributed by atoms with Gasteiger partial charge in [0, 0.05) is 23.5 Å². The summed E-state index contributed by atoms with van der Waals surface area (Å²) in [5.41, 5.74) is -0.0376. The van der Waals surface area contributed by atoms with E-state index in [2.05, 4.69) is 5.32 Å². The van der Waals surface area contributed by atoms with E-state index in [9.17, 15) is 17.6 Å². The SMILES string of the molecule is N#Cc1ccc(Nc2cc(F)c(F)c(F)c2)cc1F. The van der Waals surface area contributed by atoms with E-state index >= 15 is 0 Å². The minimum atomic E-state index is -1.57. The average Bonchev–Trinajstić information content (AvgIpc) is 2.36. The zero-order valence-corrected chi connectivity index (χ0v) is 9.35. The van der Waals surface area contributed by atoms with Crippen LogP contribution in [0.5, 0.6) is 0 Å². The van der Waals surface area contributed by atoms with Gasteiger partial charge in [-0.25, -0.2) is 17.6 Å². The summed E-state index contributed by atoms with van der Waals surface area (Å²) in [5.74, 6) is -5.04. The summed E-state index contributed by atoms with van der Waals surface area (Å²) in [6, 6.07) is 6.70. The fourth-order valence-electron chi connectivity index (χ4n) is 1.48. The van der Waals surface area contributed by atoms with Crippen molar-refractivity contribution < 1.29 is 17.6 Å². The molecule has 2 aromatic carbocycles. The predicted octanol–water partition coefficient (Wildman–Crippen LogP) is 3.86. The van der Waals surface area contributed by atoms with Gasteiger partial charge >= 0.3 is 0 Å². The van der Waals surface area contributed by atoms with Crippen molar-refractivity contribution >= 4 is 11.4 Å². The van der Waals surface area contributed by atoms with Crippen LogP contribution in [0.25, 0.3) is 0 Å². The molecule has 0 amide bonds. The largest absolute Gasteiger partial charge is 0.355 e. The highest BCUT2D eigenvalue weighted by molar-refractivity contribution is 5.60. The maximum absolute atomic E-state index is 13.3. The number of anilines is 2. The first kappa shape index (κ1) is 12.9. The number of benzene rings is 2. The molecule has 96 valence electrons. The van der Waals surface area contributed by atoms with Gasteiger partial charge in [-0.2, -0.15) is 5.26 Å². The standard InChI is InChI=1S/C13H6F4N2/c14-10-3-8(2-1-7(10)6-18)19-9-4-11(15)13(17)12(16)5-9/h1-5,19H. The van der Waals surface area contributed by atoms with E-state index < -0.39 is 23.3 Å². The molecule has 0 fully saturated rings. The average molecular weight is 266 g/mol. The molecule has 19 heavy (non-hydrogen) atoms. The van der Waals surface area contributed by atoms with Gasteiger partial charge in [-0.05, 0) is 18.2 Å². The molecule has 0 spiro atoms. The molecule has 0 unspecified atom stereocenters. The number of nitrogens with one attached hydrogen (secondary N) is 1. The van der Waals surface area contributed by atoms with Crippen LogP contribution < -0.4 is 5.32 Å². The van der Waals surface area contributed by atoms with Crippen LogP contribution in [0.1, 0.15) is 5.56 Å². The van der Waals surface area contributed by atoms with Gasteiger partial charge in [-0.1, -0.05) is 0 Å². The Morgan fingerprint density at radius 2 is 1.42 bits per heavy atom. The topological polar surface area (TPSA) is 35.8 Å². The molecule has 0 aliphatic heterocycles. The molecule has 0 aromatic heterocycles. The Morgan fingerprint density at radius 3 is 1.95 bits per heavy atom. The molecule has 0 bridgehead atoms. The highest BCUT2D eigenvalue weighted by Gasteiger charge is 2.11. The van der Waals surface area contributed by atoms with Crippen LogP contribution >= 0.6 is 0 Å². The second-order valence-corrected chi connectivity index (χ2v) is 3.69. The maximum atomic E-state index is 13.3. The van der Waals surface area contributed by atoms with E-state index in [-0.39, 0.29) is 16.9 Å². The molecule has 0 radical (unpaired) electrons. The van der Waals surface area contributed by atoms with Gasteiger partial charge in [0.1, 0.15) is 11.9 Å². The first-order chi connectivity index (χ1) is 9.01. The highest BCUT2D eigenvalue weighted by Crippen LogP contribution is 2.22. The van der Waals surface area contributed by atoms with E-state index in [0.717, 1.165) is 18.2 Å². The fraction of sp³-hybridized carbons (Fsp3) is 0. The van der Waals surface area contributed by atoms with Crippen molar-refractivity contribution in [2.75, 3.05) is 5.32 Å². The molecule has 0 atom stereocenters. The summed E-state index contributed by atoms with van der Waals surface area (Å²) < 4.78 is 52.0. The monoisotopic (exact) mass is 266 g/mol. The third-order valence-corrected chi connectivity index (χ3v) is 2.36. The van der Waals surface area contributed by atoms with E-state index in [0.29, 0.717) is 0 Å². The smallest absolute Gasteiger partial charge is 0.194 e. The Hall–Kier alpha value is -2.55. The predicted molar refractivity (Wildman–Crippen MR) is 60.7 cm³/mol. The van der Waals surface area contributed by atoms with Gasteiger partial charge in [0.25, 0.3) is 0 Å². The minimum Gasteiger partial charge on any atom is -0.355 e. The Bertz CT molecular complexity index is 654. The van der Waals surface area contributed by atoms with Gasteiger partial charge in [-0.3, -0.25) is 0 Å². The van der Waals surface area contributed by atoms with Crippen LogP contribution in [-0.4, -0.2) is 0 Å². The molecule has 0 aliphatic rings. The lowest BCUT2D eigenvalue weighted by atomic mass is 10.2. The van der Waals surface area contributed by atoms with E-state index in [1.165, 1.54) is 12.1 Å². The molecular weight excluding hydrogens is 260 g/mol. The molecular formula is C13H6F4N2. The second-order valence-electron chi connectivity index (χ2n) is 3.69. The van der Waals surface area contributed by atoms with Gasteiger partial charge in [0.05, 0.1) is 5.56 Å². The van der Waals surface area contributed by atoms with Gasteiger partial charge < -0.3 is 5.32 Å². The number of halogens is 4. The van der Waals surface area contributed by atoms with Crippen molar-refractivity contribution in [2.45, 2.75) is 0 Å². The number of nitrogens with zero attached hydrogens (tertiary/aromatic N) is 1. The van der Waals surface area contributed by atoms with Gasteiger partial charge in [0.15, 0.2) is 17.5 Å². The molecule has 2 nitrogen and oxygen atoms in total. The third-order valence-electron chi connectivity index (χ3n) is 2.36. The van der Waals surface area contributed by atoms with Gasteiger partial charge in [0.2, 0.25) is 0 Å². The fourth-order valence-corrected chi connectivity index (χ4v) is 1.48. The lowest BCUT2D eigenvalue weighted by Gasteiger charge is -2.08. The van der Waals surface area contributed by atoms with Crippen molar-refractivity contribution in [3.8, 4) is 6.07 Å². The summed E-state index contributed by atoms with van der Waals surface area (Å²) in [5, 5.41) is 11.1. The Kier molecular flexibility index (Phi) is 3.38. The molecule has 0 saturated heterocycles. The van der Waals surface area contributed by atoms with Crippen LogP contribution in [0.2, 0.25) is 0 Å². The lowest BCUT2D eigenvalue weighted by Crippen LogP contribution is -1.97. The second kappa shape index (κ2) is 4.98. The molecule has 2 rings (SSSR count). The van der Waals surface area contributed by atoms with Crippen LogP contribution in [-0.2, 0) is 0 Å². The van der Waals surface area contributed by atoms with E-state index in [1.807, 2.05) is 0 Å². The van der Waals surface area contributed by atoms with Crippen molar-refractivity contribution in [2.24, 2.45) is 0 Å². The molecule has 6 heteroatoms. The van der Waals surface area contributed by atoms with Crippen molar-refractivity contribution in [3.05, 3.63) is 59.2 Å². The summed E-state index contributed by atoms with van der Waals surface area (Å²) in [4.78, 5) is 0. The number of nitriles is 1. The van der Waals surface area contributed by atoms with E-state index in [4.69, 9.17) is 5.26 Å². The van der Waals surface area contributed by atoms with Gasteiger partial charge in [-0.15, -0.1) is 0 Å². The quantitative estimate of drug-likeness (QED) is 0.661. The summed E-state index contributed by atoms with van der Waals surface area (Å²) in [6.45, 7) is 0. The highest BCUT2D eigenvalue weighted by atomic mass is 19.2. The van der Waals surface area contributed by atoms with Crippen molar-refractivity contribution in [1.29, 1.82) is 5.26 Å².